The van der Waals surface area contributed by atoms with Crippen molar-refractivity contribution >= 4 is 27.4 Å². The van der Waals surface area contributed by atoms with E-state index < -0.39 is 10.0 Å². The Bertz CT molecular complexity index is 1010. The van der Waals surface area contributed by atoms with Crippen LogP contribution in [0.4, 0.5) is 5.69 Å². The van der Waals surface area contributed by atoms with Crippen molar-refractivity contribution in [3.63, 3.8) is 0 Å². The molecule has 2 atom stereocenters. The molecule has 29 heavy (non-hydrogen) atoms. The monoisotopic (exact) mass is 416 g/mol. The normalized spacial score (nSPS) is 20.2. The molecule has 8 heteroatoms. The average Bonchev–Trinajstić information content (AvgIpc) is 2.67. The zero-order valence-corrected chi connectivity index (χ0v) is 17.4. The number of Topliss-reactive ketones (excluding diaryl/α,β-unsaturated/α-hetero) is 1. The number of morpholine rings is 1. The van der Waals surface area contributed by atoms with Gasteiger partial charge in [0.1, 0.15) is 0 Å². The lowest BCUT2D eigenvalue weighted by molar-refractivity contribution is -0.0440. The molecule has 0 bridgehead atoms. The topological polar surface area (TPSA) is 92.8 Å². The van der Waals surface area contributed by atoms with Gasteiger partial charge in [-0.2, -0.15) is 4.31 Å². The zero-order chi connectivity index (χ0) is 21.2. The number of ketones is 1. The highest BCUT2D eigenvalue weighted by Gasteiger charge is 2.32. The summed E-state index contributed by atoms with van der Waals surface area (Å²) in [4.78, 5) is 24.1. The van der Waals surface area contributed by atoms with Crippen LogP contribution >= 0.6 is 0 Å². The fraction of sp³-hybridized carbons (Fsp3) is 0.333. The van der Waals surface area contributed by atoms with Gasteiger partial charge < -0.3 is 10.1 Å². The molecular weight excluding hydrogens is 392 g/mol. The minimum absolute atomic E-state index is 0.0950. The molecule has 3 rings (SSSR count). The molecule has 1 N–H and O–H groups in total. The van der Waals surface area contributed by atoms with Gasteiger partial charge in [-0.3, -0.25) is 9.59 Å². The molecule has 0 saturated carbocycles. The van der Waals surface area contributed by atoms with Crippen LogP contribution in [0.1, 0.15) is 41.5 Å². The van der Waals surface area contributed by atoms with Gasteiger partial charge in [0.05, 0.1) is 17.1 Å². The molecule has 1 aliphatic rings. The summed E-state index contributed by atoms with van der Waals surface area (Å²) in [6, 6.07) is 12.5. The predicted molar refractivity (Wildman–Crippen MR) is 110 cm³/mol. The van der Waals surface area contributed by atoms with E-state index in [4.69, 9.17) is 4.74 Å². The molecule has 1 fully saturated rings. The number of benzene rings is 2. The third-order valence-electron chi connectivity index (χ3n) is 4.67. The van der Waals surface area contributed by atoms with Crippen LogP contribution in [0.2, 0.25) is 0 Å². The molecule has 0 spiro atoms. The molecule has 7 nitrogen and oxygen atoms in total. The predicted octanol–water partition coefficient (Wildman–Crippen LogP) is 2.94. The first-order chi connectivity index (χ1) is 13.7. The molecule has 0 aliphatic carbocycles. The van der Waals surface area contributed by atoms with Crippen LogP contribution in [-0.4, -0.2) is 49.7 Å². The van der Waals surface area contributed by atoms with Gasteiger partial charge in [0.2, 0.25) is 10.0 Å². The molecule has 1 amide bonds. The highest BCUT2D eigenvalue weighted by Crippen LogP contribution is 2.22. The molecule has 1 saturated heterocycles. The Morgan fingerprint density at radius 1 is 1.00 bits per heavy atom. The van der Waals surface area contributed by atoms with Crippen LogP contribution in [0.5, 0.6) is 0 Å². The largest absolute Gasteiger partial charge is 0.373 e. The summed E-state index contributed by atoms with van der Waals surface area (Å²) in [5.74, 6) is -0.481. The summed E-state index contributed by atoms with van der Waals surface area (Å²) in [5.41, 5.74) is 1.31. The van der Waals surface area contributed by atoms with Crippen molar-refractivity contribution in [2.45, 2.75) is 37.9 Å². The second kappa shape index (κ2) is 8.44. The molecule has 154 valence electrons. The fourth-order valence-electron chi connectivity index (χ4n) is 3.27. The van der Waals surface area contributed by atoms with Crippen molar-refractivity contribution in [3.8, 4) is 0 Å². The molecule has 2 aromatic rings. The number of carbonyl (C=O) groups excluding carboxylic acids is 2. The van der Waals surface area contributed by atoms with E-state index in [0.29, 0.717) is 29.9 Å². The van der Waals surface area contributed by atoms with Crippen molar-refractivity contribution in [3.05, 3.63) is 59.7 Å². The highest BCUT2D eigenvalue weighted by molar-refractivity contribution is 7.89. The van der Waals surface area contributed by atoms with E-state index >= 15 is 0 Å². The zero-order valence-electron chi connectivity index (χ0n) is 16.6. The third-order valence-corrected chi connectivity index (χ3v) is 6.51. The molecular formula is C21H24N2O5S. The van der Waals surface area contributed by atoms with E-state index in [1.54, 1.807) is 24.3 Å². The standard InChI is InChI=1S/C21H24N2O5S/c1-14-12-23(13-15(2)28-14)29(26,27)20-9-7-17(8-10-20)21(25)22-19-6-4-5-18(11-19)16(3)24/h4-11,14-15H,12-13H2,1-3H3,(H,22,25)/t14-,15-/m1/s1. The Hall–Kier alpha value is -2.55. The van der Waals surface area contributed by atoms with Crippen molar-refractivity contribution in [2.75, 3.05) is 18.4 Å². The van der Waals surface area contributed by atoms with Crippen LogP contribution in [0.3, 0.4) is 0 Å². The van der Waals surface area contributed by atoms with Crippen LogP contribution in [0.25, 0.3) is 0 Å². The first kappa shape index (κ1) is 21.2. The summed E-state index contributed by atoms with van der Waals surface area (Å²) in [6.07, 6.45) is -0.353. The van der Waals surface area contributed by atoms with Gasteiger partial charge in [-0.25, -0.2) is 8.42 Å². The summed E-state index contributed by atoms with van der Waals surface area (Å²) in [7, 11) is -3.66. The van der Waals surface area contributed by atoms with Crippen molar-refractivity contribution < 1.29 is 22.7 Å². The maximum atomic E-state index is 12.9. The number of rotatable bonds is 5. The summed E-state index contributed by atoms with van der Waals surface area (Å²) < 4.78 is 32.8. The van der Waals surface area contributed by atoms with Crippen LogP contribution in [-0.2, 0) is 14.8 Å². The van der Waals surface area contributed by atoms with Gasteiger partial charge in [-0.15, -0.1) is 0 Å². The summed E-state index contributed by atoms with van der Waals surface area (Å²) in [5, 5.41) is 2.72. The van der Waals surface area contributed by atoms with Gasteiger partial charge in [-0.05, 0) is 57.2 Å². The summed E-state index contributed by atoms with van der Waals surface area (Å²) in [6.45, 7) is 5.72. The van der Waals surface area contributed by atoms with Crippen LogP contribution in [0.15, 0.2) is 53.4 Å². The Morgan fingerprint density at radius 3 is 2.21 bits per heavy atom. The number of anilines is 1. The fourth-order valence-corrected chi connectivity index (χ4v) is 4.86. The summed E-state index contributed by atoms with van der Waals surface area (Å²) >= 11 is 0. The lowest BCUT2D eigenvalue weighted by Crippen LogP contribution is -2.48. The van der Waals surface area contributed by atoms with E-state index in [0.717, 1.165) is 0 Å². The van der Waals surface area contributed by atoms with E-state index in [2.05, 4.69) is 5.32 Å². The molecule has 2 aromatic carbocycles. The van der Waals surface area contributed by atoms with Gasteiger partial charge >= 0.3 is 0 Å². The number of ether oxygens (including phenoxy) is 1. The Balaban J connectivity index is 1.75. The van der Waals surface area contributed by atoms with Gasteiger partial charge in [0, 0.05) is 29.9 Å². The van der Waals surface area contributed by atoms with Crippen molar-refractivity contribution in [2.24, 2.45) is 0 Å². The maximum Gasteiger partial charge on any atom is 0.255 e. The number of hydrogen-bond donors (Lipinski definition) is 1. The molecule has 0 aromatic heterocycles. The minimum atomic E-state index is -3.66. The molecule has 1 aliphatic heterocycles. The SMILES string of the molecule is CC(=O)c1cccc(NC(=O)c2ccc(S(=O)(=O)N3C[C@@H](C)O[C@H](C)C3)cc2)c1. The van der Waals surface area contributed by atoms with Crippen molar-refractivity contribution in [1.82, 2.24) is 4.31 Å². The Morgan fingerprint density at radius 2 is 1.62 bits per heavy atom. The van der Waals surface area contributed by atoms with Gasteiger partial charge in [0.25, 0.3) is 5.91 Å². The quantitative estimate of drug-likeness (QED) is 0.757. The number of hydrogen-bond acceptors (Lipinski definition) is 5. The smallest absolute Gasteiger partial charge is 0.255 e. The number of nitrogens with zero attached hydrogens (tertiary/aromatic N) is 1. The van der Waals surface area contributed by atoms with Crippen molar-refractivity contribution in [1.29, 1.82) is 0 Å². The Kier molecular flexibility index (Phi) is 6.16. The minimum Gasteiger partial charge on any atom is -0.373 e. The molecule has 0 radical (unpaired) electrons. The number of carbonyl (C=O) groups is 2. The van der Waals surface area contributed by atoms with E-state index in [9.17, 15) is 18.0 Å². The Labute approximate surface area is 170 Å². The first-order valence-electron chi connectivity index (χ1n) is 9.35. The maximum absolute atomic E-state index is 12.9. The van der Waals surface area contributed by atoms with Crippen LogP contribution < -0.4 is 5.32 Å². The number of nitrogens with one attached hydrogen (secondary N) is 1. The van der Waals surface area contributed by atoms with E-state index in [1.807, 2.05) is 13.8 Å². The third kappa shape index (κ3) is 4.90. The van der Waals surface area contributed by atoms with Gasteiger partial charge in [-0.1, -0.05) is 12.1 Å². The first-order valence-corrected chi connectivity index (χ1v) is 10.8. The molecule has 1 heterocycles. The lowest BCUT2D eigenvalue weighted by Gasteiger charge is -2.34. The number of sulfonamides is 1. The van der Waals surface area contributed by atoms with E-state index in [1.165, 1.54) is 35.5 Å². The second-order valence-corrected chi connectivity index (χ2v) is 9.13. The average molecular weight is 416 g/mol. The lowest BCUT2D eigenvalue weighted by atomic mass is 10.1. The number of amides is 1. The highest BCUT2D eigenvalue weighted by atomic mass is 32.2. The van der Waals surface area contributed by atoms with Crippen LogP contribution in [0, 0.1) is 0 Å². The van der Waals surface area contributed by atoms with Gasteiger partial charge in [0.15, 0.2) is 5.78 Å². The second-order valence-electron chi connectivity index (χ2n) is 7.19. The molecule has 0 unspecified atom stereocenters. The van der Waals surface area contributed by atoms with E-state index in [-0.39, 0.29) is 28.8 Å².